The molecule has 0 atom stereocenters. The summed E-state index contributed by atoms with van der Waals surface area (Å²) in [5.74, 6) is 0.589. The molecule has 2 heterocycles. The zero-order chi connectivity index (χ0) is 21.1. The van der Waals surface area contributed by atoms with Gasteiger partial charge in [0.25, 0.3) is 0 Å². The minimum Gasteiger partial charge on any atom is -0.497 e. The van der Waals surface area contributed by atoms with Gasteiger partial charge in [-0.2, -0.15) is 5.10 Å². The van der Waals surface area contributed by atoms with Crippen LogP contribution in [0.15, 0.2) is 73.4 Å². The molecule has 0 bridgehead atoms. The average Bonchev–Trinajstić information content (AvgIpc) is 3.09. The molecule has 0 unspecified atom stereocenters. The topological polar surface area (TPSA) is 69.0 Å². The SMILES string of the molecule is C=CC(=O)Nc1cccc(-c2cnc3c(c2)c(C)nn3Cc2ccc(OC)cc2)c1. The molecular weight excluding hydrogens is 376 g/mol. The number of fused-ring (bicyclic) bond motifs is 1. The van der Waals surface area contributed by atoms with Gasteiger partial charge in [-0.3, -0.25) is 4.79 Å². The summed E-state index contributed by atoms with van der Waals surface area (Å²) < 4.78 is 7.14. The van der Waals surface area contributed by atoms with E-state index in [1.54, 1.807) is 7.11 Å². The van der Waals surface area contributed by atoms with Crippen molar-refractivity contribution in [2.45, 2.75) is 13.5 Å². The van der Waals surface area contributed by atoms with Crippen LogP contribution in [0, 0.1) is 6.92 Å². The third-order valence-corrected chi connectivity index (χ3v) is 4.91. The predicted molar refractivity (Wildman–Crippen MR) is 119 cm³/mol. The molecule has 0 radical (unpaired) electrons. The molecule has 0 aliphatic rings. The summed E-state index contributed by atoms with van der Waals surface area (Å²) in [5.41, 5.74) is 5.52. The summed E-state index contributed by atoms with van der Waals surface area (Å²) in [5, 5.41) is 8.47. The first-order valence-electron chi connectivity index (χ1n) is 9.57. The van der Waals surface area contributed by atoms with Crippen molar-refractivity contribution >= 4 is 22.6 Å². The van der Waals surface area contributed by atoms with Gasteiger partial charge in [0, 0.05) is 22.8 Å². The Morgan fingerprint density at radius 2 is 1.97 bits per heavy atom. The number of ether oxygens (including phenoxy) is 1. The number of hydrogen-bond donors (Lipinski definition) is 1. The third kappa shape index (κ3) is 3.93. The van der Waals surface area contributed by atoms with Gasteiger partial charge in [-0.05, 0) is 54.5 Å². The molecule has 6 nitrogen and oxygen atoms in total. The largest absolute Gasteiger partial charge is 0.497 e. The summed E-state index contributed by atoms with van der Waals surface area (Å²) in [6.45, 7) is 6.10. The monoisotopic (exact) mass is 398 g/mol. The molecule has 0 saturated heterocycles. The molecule has 0 saturated carbocycles. The van der Waals surface area contributed by atoms with Gasteiger partial charge >= 0.3 is 0 Å². The van der Waals surface area contributed by atoms with E-state index in [2.05, 4.69) is 28.0 Å². The number of carbonyl (C=O) groups is 1. The lowest BCUT2D eigenvalue weighted by molar-refractivity contribution is -0.111. The zero-order valence-corrected chi connectivity index (χ0v) is 16.9. The van der Waals surface area contributed by atoms with Crippen molar-refractivity contribution < 1.29 is 9.53 Å². The number of nitrogens with one attached hydrogen (secondary N) is 1. The first-order valence-corrected chi connectivity index (χ1v) is 9.57. The van der Waals surface area contributed by atoms with Crippen molar-refractivity contribution in [2.75, 3.05) is 12.4 Å². The first-order chi connectivity index (χ1) is 14.6. The number of nitrogens with zero attached hydrogens (tertiary/aromatic N) is 3. The van der Waals surface area contributed by atoms with E-state index in [0.717, 1.165) is 39.2 Å². The van der Waals surface area contributed by atoms with Crippen LogP contribution in [0.1, 0.15) is 11.3 Å². The average molecular weight is 398 g/mol. The van der Waals surface area contributed by atoms with Gasteiger partial charge in [0.2, 0.25) is 5.91 Å². The zero-order valence-electron chi connectivity index (χ0n) is 16.9. The van der Waals surface area contributed by atoms with Gasteiger partial charge in [0.15, 0.2) is 5.65 Å². The molecule has 0 aliphatic heterocycles. The van der Waals surface area contributed by atoms with Crippen LogP contribution in [0.4, 0.5) is 5.69 Å². The van der Waals surface area contributed by atoms with E-state index in [0.29, 0.717) is 12.2 Å². The fourth-order valence-corrected chi connectivity index (χ4v) is 3.35. The molecule has 1 N–H and O–H groups in total. The number of aryl methyl sites for hydroxylation is 1. The third-order valence-electron chi connectivity index (χ3n) is 4.91. The highest BCUT2D eigenvalue weighted by Crippen LogP contribution is 2.27. The van der Waals surface area contributed by atoms with Crippen molar-refractivity contribution in [3.05, 3.63) is 84.7 Å². The van der Waals surface area contributed by atoms with Crippen molar-refractivity contribution in [3.63, 3.8) is 0 Å². The molecule has 4 aromatic rings. The van der Waals surface area contributed by atoms with Crippen LogP contribution in [0.25, 0.3) is 22.2 Å². The number of benzene rings is 2. The molecule has 0 aliphatic carbocycles. The van der Waals surface area contributed by atoms with Crippen molar-refractivity contribution in [2.24, 2.45) is 0 Å². The lowest BCUT2D eigenvalue weighted by atomic mass is 10.1. The molecule has 150 valence electrons. The summed E-state index contributed by atoms with van der Waals surface area (Å²) in [6.07, 6.45) is 3.09. The van der Waals surface area contributed by atoms with Gasteiger partial charge in [-0.15, -0.1) is 0 Å². The summed E-state index contributed by atoms with van der Waals surface area (Å²) in [4.78, 5) is 16.3. The summed E-state index contributed by atoms with van der Waals surface area (Å²) in [7, 11) is 1.66. The van der Waals surface area contributed by atoms with E-state index < -0.39 is 0 Å². The number of carbonyl (C=O) groups excluding carboxylic acids is 1. The Morgan fingerprint density at radius 3 is 2.70 bits per heavy atom. The Hall–Kier alpha value is -3.93. The van der Waals surface area contributed by atoms with Crippen molar-refractivity contribution in [3.8, 4) is 16.9 Å². The first kappa shape index (κ1) is 19.4. The maximum absolute atomic E-state index is 11.6. The molecule has 0 fully saturated rings. The molecular formula is C24H22N4O2. The molecule has 1 amide bonds. The van der Waals surface area contributed by atoms with Gasteiger partial charge in [-0.1, -0.05) is 30.8 Å². The summed E-state index contributed by atoms with van der Waals surface area (Å²) in [6, 6.07) is 17.7. The second kappa shape index (κ2) is 8.21. The molecule has 0 spiro atoms. The fourth-order valence-electron chi connectivity index (χ4n) is 3.35. The Kier molecular flexibility index (Phi) is 5.30. The second-order valence-corrected chi connectivity index (χ2v) is 6.96. The predicted octanol–water partition coefficient (Wildman–Crippen LogP) is 4.59. The van der Waals surface area contributed by atoms with Crippen LogP contribution < -0.4 is 10.1 Å². The quantitative estimate of drug-likeness (QED) is 0.483. The van der Waals surface area contributed by atoms with Gasteiger partial charge in [-0.25, -0.2) is 9.67 Å². The number of pyridine rings is 1. The normalized spacial score (nSPS) is 10.7. The lowest BCUT2D eigenvalue weighted by Gasteiger charge is -2.07. The fraction of sp³-hybridized carbons (Fsp3) is 0.125. The van der Waals surface area contributed by atoms with E-state index in [1.165, 1.54) is 6.08 Å². The Morgan fingerprint density at radius 1 is 1.17 bits per heavy atom. The number of methoxy groups -OCH3 is 1. The van der Waals surface area contributed by atoms with E-state index in [-0.39, 0.29) is 5.91 Å². The van der Waals surface area contributed by atoms with Gasteiger partial charge in [0.05, 0.1) is 19.3 Å². The highest BCUT2D eigenvalue weighted by Gasteiger charge is 2.11. The van der Waals surface area contributed by atoms with E-state index in [4.69, 9.17) is 4.74 Å². The molecule has 2 aromatic carbocycles. The molecule has 4 rings (SSSR count). The highest BCUT2D eigenvalue weighted by molar-refractivity contribution is 5.99. The van der Waals surface area contributed by atoms with E-state index >= 15 is 0 Å². The molecule has 6 heteroatoms. The Labute approximate surface area is 174 Å². The van der Waals surface area contributed by atoms with Crippen LogP contribution in [0.3, 0.4) is 0 Å². The minimum absolute atomic E-state index is 0.239. The van der Waals surface area contributed by atoms with Crippen molar-refractivity contribution in [1.29, 1.82) is 0 Å². The minimum atomic E-state index is -0.239. The van der Waals surface area contributed by atoms with Crippen LogP contribution >= 0.6 is 0 Å². The van der Waals surface area contributed by atoms with Crippen LogP contribution in [0.2, 0.25) is 0 Å². The Balaban J connectivity index is 1.65. The molecule has 2 aromatic heterocycles. The highest BCUT2D eigenvalue weighted by atomic mass is 16.5. The Bertz CT molecular complexity index is 1230. The van der Waals surface area contributed by atoms with E-state index in [9.17, 15) is 4.79 Å². The van der Waals surface area contributed by atoms with Gasteiger partial charge in [0.1, 0.15) is 5.75 Å². The standard InChI is InChI=1S/C24H22N4O2/c1-4-23(29)26-20-7-5-6-18(12-20)19-13-22-16(2)27-28(24(22)25-14-19)15-17-8-10-21(30-3)11-9-17/h4-14H,1,15H2,2-3H3,(H,26,29). The smallest absolute Gasteiger partial charge is 0.247 e. The maximum Gasteiger partial charge on any atom is 0.247 e. The van der Waals surface area contributed by atoms with Gasteiger partial charge < -0.3 is 10.1 Å². The number of anilines is 1. The number of amides is 1. The number of rotatable bonds is 6. The summed E-state index contributed by atoms with van der Waals surface area (Å²) >= 11 is 0. The maximum atomic E-state index is 11.6. The number of hydrogen-bond acceptors (Lipinski definition) is 4. The number of aromatic nitrogens is 3. The van der Waals surface area contributed by atoms with Crippen LogP contribution in [-0.4, -0.2) is 27.8 Å². The second-order valence-electron chi connectivity index (χ2n) is 6.96. The van der Waals surface area contributed by atoms with Crippen molar-refractivity contribution in [1.82, 2.24) is 14.8 Å². The van der Waals surface area contributed by atoms with E-state index in [1.807, 2.05) is 66.3 Å². The molecule has 30 heavy (non-hydrogen) atoms. The lowest BCUT2D eigenvalue weighted by Crippen LogP contribution is -2.07. The van der Waals surface area contributed by atoms with Crippen LogP contribution in [0.5, 0.6) is 5.75 Å². The van der Waals surface area contributed by atoms with Crippen LogP contribution in [-0.2, 0) is 11.3 Å².